The fraction of sp³-hybridized carbons (Fsp3) is 0.933. The predicted octanol–water partition coefficient (Wildman–Crippen LogP) is 2.92. The molecule has 1 aliphatic carbocycles. The second kappa shape index (κ2) is 7.76. The Morgan fingerprint density at radius 3 is 2.44 bits per heavy atom. The van der Waals surface area contributed by atoms with Gasteiger partial charge in [-0.05, 0) is 58.7 Å². The quantitative estimate of drug-likeness (QED) is 0.649. The highest BCUT2D eigenvalue weighted by molar-refractivity contribution is 5.03. The fourth-order valence-electron chi connectivity index (χ4n) is 2.49. The normalized spacial score (nSPS) is 18.6. The van der Waals surface area contributed by atoms with E-state index in [2.05, 4.69) is 30.1 Å². The third-order valence-electron chi connectivity index (χ3n) is 3.80. The van der Waals surface area contributed by atoms with Crippen LogP contribution < -0.4 is 5.32 Å². The van der Waals surface area contributed by atoms with Gasteiger partial charge >= 0.3 is 0 Å². The van der Waals surface area contributed by atoms with Gasteiger partial charge in [-0.2, -0.15) is 5.26 Å². The minimum Gasteiger partial charge on any atom is -0.300 e. The summed E-state index contributed by atoms with van der Waals surface area (Å²) in [6.45, 7) is 9.60. The van der Waals surface area contributed by atoms with Crippen LogP contribution in [0.25, 0.3) is 0 Å². The minimum absolute atomic E-state index is 0.339. The van der Waals surface area contributed by atoms with Crippen LogP contribution >= 0.6 is 0 Å². The van der Waals surface area contributed by atoms with Crippen LogP contribution in [0.5, 0.6) is 0 Å². The predicted molar refractivity (Wildman–Crippen MR) is 76.4 cm³/mol. The molecule has 0 heterocycles. The van der Waals surface area contributed by atoms with E-state index in [9.17, 15) is 5.26 Å². The molecule has 0 radical (unpaired) electrons. The zero-order chi connectivity index (χ0) is 13.4. The van der Waals surface area contributed by atoms with Gasteiger partial charge in [0.1, 0.15) is 5.54 Å². The van der Waals surface area contributed by atoms with Crippen LogP contribution in [-0.4, -0.2) is 36.1 Å². The number of rotatable bonds is 10. The molecule has 0 aromatic heterocycles. The molecule has 1 unspecified atom stereocenters. The average molecular weight is 251 g/mol. The highest BCUT2D eigenvalue weighted by atomic mass is 15.2. The van der Waals surface area contributed by atoms with E-state index in [4.69, 9.17) is 0 Å². The molecule has 1 N–H and O–H groups in total. The second-order valence-corrected chi connectivity index (χ2v) is 5.70. The second-order valence-electron chi connectivity index (χ2n) is 5.70. The van der Waals surface area contributed by atoms with E-state index in [1.807, 2.05) is 6.92 Å². The van der Waals surface area contributed by atoms with E-state index in [1.165, 1.54) is 32.2 Å². The number of hydrogen-bond acceptors (Lipinski definition) is 3. The maximum Gasteiger partial charge on any atom is 0.103 e. The zero-order valence-electron chi connectivity index (χ0n) is 12.3. The first-order valence-corrected chi connectivity index (χ1v) is 7.55. The summed E-state index contributed by atoms with van der Waals surface area (Å²) in [4.78, 5) is 2.63. The largest absolute Gasteiger partial charge is 0.300 e. The Kier molecular flexibility index (Phi) is 6.67. The van der Waals surface area contributed by atoms with Crippen LogP contribution in [0.4, 0.5) is 0 Å². The lowest BCUT2D eigenvalue weighted by Crippen LogP contribution is -2.41. The first-order valence-electron chi connectivity index (χ1n) is 7.55. The topological polar surface area (TPSA) is 39.1 Å². The molecule has 0 spiro atoms. The molecule has 0 bridgehead atoms. The Morgan fingerprint density at radius 2 is 1.94 bits per heavy atom. The maximum absolute atomic E-state index is 9.22. The van der Waals surface area contributed by atoms with Gasteiger partial charge in [0.15, 0.2) is 0 Å². The minimum atomic E-state index is -0.339. The van der Waals surface area contributed by atoms with Crippen molar-refractivity contribution in [1.29, 1.82) is 5.26 Å². The van der Waals surface area contributed by atoms with Crippen molar-refractivity contribution in [2.75, 3.05) is 19.6 Å². The van der Waals surface area contributed by atoms with E-state index in [0.717, 1.165) is 32.0 Å². The molecule has 3 heteroatoms. The third kappa shape index (κ3) is 5.37. The van der Waals surface area contributed by atoms with Crippen molar-refractivity contribution in [2.45, 2.75) is 70.9 Å². The monoisotopic (exact) mass is 251 g/mol. The summed E-state index contributed by atoms with van der Waals surface area (Å²) in [6.07, 6.45) is 7.42. The molecule has 0 aliphatic heterocycles. The van der Waals surface area contributed by atoms with Crippen molar-refractivity contribution in [3.8, 4) is 6.07 Å². The summed E-state index contributed by atoms with van der Waals surface area (Å²) >= 11 is 0. The Hall–Kier alpha value is -0.590. The van der Waals surface area contributed by atoms with Crippen molar-refractivity contribution in [1.82, 2.24) is 10.2 Å². The van der Waals surface area contributed by atoms with Gasteiger partial charge in [0, 0.05) is 6.04 Å². The maximum atomic E-state index is 9.22. The zero-order valence-corrected chi connectivity index (χ0v) is 12.3. The van der Waals surface area contributed by atoms with E-state index in [0.29, 0.717) is 0 Å². The summed E-state index contributed by atoms with van der Waals surface area (Å²) in [5.41, 5.74) is -0.339. The Morgan fingerprint density at radius 1 is 1.28 bits per heavy atom. The molecule has 1 rings (SSSR count). The molecule has 18 heavy (non-hydrogen) atoms. The van der Waals surface area contributed by atoms with E-state index in [1.54, 1.807) is 0 Å². The Labute approximate surface area is 113 Å². The number of unbranched alkanes of at least 4 members (excludes halogenated alkanes) is 1. The van der Waals surface area contributed by atoms with Gasteiger partial charge in [0.2, 0.25) is 0 Å². The highest BCUT2D eigenvalue weighted by Crippen LogP contribution is 2.27. The smallest absolute Gasteiger partial charge is 0.103 e. The molecule has 0 amide bonds. The van der Waals surface area contributed by atoms with Crippen LogP contribution in [0, 0.1) is 11.3 Å². The highest BCUT2D eigenvalue weighted by Gasteiger charge is 2.29. The number of nitriles is 1. The lowest BCUT2D eigenvalue weighted by atomic mass is 9.97. The summed E-state index contributed by atoms with van der Waals surface area (Å²) in [7, 11) is 0. The van der Waals surface area contributed by atoms with E-state index in [-0.39, 0.29) is 5.54 Å². The van der Waals surface area contributed by atoms with Crippen LogP contribution in [-0.2, 0) is 0 Å². The van der Waals surface area contributed by atoms with Crippen LogP contribution in [0.3, 0.4) is 0 Å². The van der Waals surface area contributed by atoms with Gasteiger partial charge in [-0.15, -0.1) is 0 Å². The molecule has 104 valence electrons. The SMILES string of the molecule is CCCCN(CCCC(C)(C#N)NCC)C1CC1. The molecular formula is C15H29N3. The number of nitrogens with zero attached hydrogens (tertiary/aromatic N) is 2. The van der Waals surface area contributed by atoms with Gasteiger partial charge in [-0.1, -0.05) is 20.3 Å². The molecule has 0 aromatic carbocycles. The van der Waals surface area contributed by atoms with Crippen molar-refractivity contribution >= 4 is 0 Å². The molecule has 1 saturated carbocycles. The molecule has 3 nitrogen and oxygen atoms in total. The van der Waals surface area contributed by atoms with Crippen molar-refractivity contribution < 1.29 is 0 Å². The number of nitrogens with one attached hydrogen (secondary N) is 1. The summed E-state index contributed by atoms with van der Waals surface area (Å²) < 4.78 is 0. The van der Waals surface area contributed by atoms with Crippen molar-refractivity contribution in [3.05, 3.63) is 0 Å². The summed E-state index contributed by atoms with van der Waals surface area (Å²) in [5.74, 6) is 0. The van der Waals surface area contributed by atoms with Crippen molar-refractivity contribution in [3.63, 3.8) is 0 Å². The lowest BCUT2D eigenvalue weighted by molar-refractivity contribution is 0.244. The fourth-order valence-corrected chi connectivity index (χ4v) is 2.49. The average Bonchev–Trinajstić information content (AvgIpc) is 3.18. The summed E-state index contributed by atoms with van der Waals surface area (Å²) in [5, 5.41) is 12.5. The lowest BCUT2D eigenvalue weighted by Gasteiger charge is -2.26. The molecule has 1 atom stereocenters. The van der Waals surface area contributed by atoms with E-state index >= 15 is 0 Å². The summed E-state index contributed by atoms with van der Waals surface area (Å²) in [6, 6.07) is 3.26. The van der Waals surface area contributed by atoms with Gasteiger partial charge in [-0.25, -0.2) is 0 Å². The van der Waals surface area contributed by atoms with Gasteiger partial charge in [0.05, 0.1) is 6.07 Å². The molecule has 0 aromatic rings. The Bertz CT molecular complexity index is 267. The number of hydrogen-bond donors (Lipinski definition) is 1. The van der Waals surface area contributed by atoms with Gasteiger partial charge < -0.3 is 4.90 Å². The van der Waals surface area contributed by atoms with Crippen molar-refractivity contribution in [2.24, 2.45) is 0 Å². The molecular weight excluding hydrogens is 222 g/mol. The van der Waals surface area contributed by atoms with Gasteiger partial charge in [-0.3, -0.25) is 5.32 Å². The molecule has 1 aliphatic rings. The standard InChI is InChI=1S/C15H29N3/c1-4-6-11-18(14-8-9-14)12-7-10-15(3,13-16)17-5-2/h14,17H,4-12H2,1-3H3. The first kappa shape index (κ1) is 15.5. The molecule has 1 fully saturated rings. The van der Waals surface area contributed by atoms with Crippen LogP contribution in [0.1, 0.15) is 59.3 Å². The Balaban J connectivity index is 2.27. The van der Waals surface area contributed by atoms with Gasteiger partial charge in [0.25, 0.3) is 0 Å². The molecule has 0 saturated heterocycles. The first-order chi connectivity index (χ1) is 8.65. The van der Waals surface area contributed by atoms with Crippen LogP contribution in [0.15, 0.2) is 0 Å². The van der Waals surface area contributed by atoms with Crippen LogP contribution in [0.2, 0.25) is 0 Å². The van der Waals surface area contributed by atoms with E-state index < -0.39 is 0 Å². The third-order valence-corrected chi connectivity index (χ3v) is 3.80.